The number of halogens is 1. The number of hydrogen-bond acceptors (Lipinski definition) is 2. The van der Waals surface area contributed by atoms with Crippen molar-refractivity contribution in [1.82, 2.24) is 5.43 Å². The molecule has 19 heavy (non-hydrogen) atoms. The minimum absolute atomic E-state index is 0.173. The highest BCUT2D eigenvalue weighted by Crippen LogP contribution is 2.23. The molecular formula is C16H23FN2. The highest BCUT2D eigenvalue weighted by Gasteiger charge is 2.13. The van der Waals surface area contributed by atoms with Crippen molar-refractivity contribution in [3.63, 3.8) is 0 Å². The summed E-state index contributed by atoms with van der Waals surface area (Å²) in [6.45, 7) is 2.02. The topological polar surface area (TPSA) is 38.0 Å². The number of rotatable bonds is 5. The molecule has 1 aliphatic rings. The lowest BCUT2D eigenvalue weighted by molar-refractivity contribution is 0.502. The highest BCUT2D eigenvalue weighted by molar-refractivity contribution is 5.27. The van der Waals surface area contributed by atoms with Gasteiger partial charge in [-0.1, -0.05) is 17.7 Å². The maximum absolute atomic E-state index is 13.3. The Morgan fingerprint density at radius 2 is 2.16 bits per heavy atom. The van der Waals surface area contributed by atoms with Gasteiger partial charge in [0.25, 0.3) is 0 Å². The van der Waals surface area contributed by atoms with Crippen LogP contribution in [-0.4, -0.2) is 6.04 Å². The van der Waals surface area contributed by atoms with Crippen LogP contribution in [0.2, 0.25) is 0 Å². The number of hydrogen-bond donors (Lipinski definition) is 2. The zero-order valence-electron chi connectivity index (χ0n) is 11.6. The van der Waals surface area contributed by atoms with E-state index in [1.165, 1.54) is 37.3 Å². The summed E-state index contributed by atoms with van der Waals surface area (Å²) in [5, 5.41) is 0. The van der Waals surface area contributed by atoms with Crippen LogP contribution in [0.25, 0.3) is 0 Å². The van der Waals surface area contributed by atoms with E-state index in [4.69, 9.17) is 5.84 Å². The Kier molecular flexibility index (Phi) is 5.11. The number of benzene rings is 1. The number of hydrazine groups is 1. The molecule has 3 heteroatoms. The van der Waals surface area contributed by atoms with Crippen molar-refractivity contribution in [1.29, 1.82) is 0 Å². The molecule has 2 rings (SSSR count). The quantitative estimate of drug-likeness (QED) is 0.485. The number of aryl methyl sites for hydroxylation is 1. The molecule has 0 fully saturated rings. The molecule has 0 saturated carbocycles. The third-order valence-corrected chi connectivity index (χ3v) is 3.91. The molecule has 0 aliphatic heterocycles. The molecule has 1 aliphatic carbocycles. The molecule has 0 radical (unpaired) electrons. The fraction of sp³-hybridized carbons (Fsp3) is 0.500. The largest absolute Gasteiger partial charge is 0.271 e. The molecule has 1 aromatic rings. The molecule has 1 atom stereocenters. The molecule has 0 bridgehead atoms. The van der Waals surface area contributed by atoms with E-state index < -0.39 is 0 Å². The fourth-order valence-electron chi connectivity index (χ4n) is 2.72. The SMILES string of the molecule is Cc1ccc(F)cc1CC(CC1=CCCCC1)NN. The Morgan fingerprint density at radius 1 is 1.32 bits per heavy atom. The second-order valence-corrected chi connectivity index (χ2v) is 5.45. The Bertz CT molecular complexity index is 454. The molecule has 0 amide bonds. The first-order chi connectivity index (χ1) is 9.19. The molecule has 1 unspecified atom stereocenters. The Morgan fingerprint density at radius 3 is 2.84 bits per heavy atom. The van der Waals surface area contributed by atoms with Gasteiger partial charge in [-0.05, 0) is 68.7 Å². The average molecular weight is 262 g/mol. The van der Waals surface area contributed by atoms with Gasteiger partial charge in [0.15, 0.2) is 0 Å². The van der Waals surface area contributed by atoms with Gasteiger partial charge in [-0.2, -0.15) is 0 Å². The van der Waals surface area contributed by atoms with Gasteiger partial charge >= 0.3 is 0 Å². The zero-order valence-corrected chi connectivity index (χ0v) is 11.6. The maximum atomic E-state index is 13.3. The Labute approximate surface area is 114 Å². The van der Waals surface area contributed by atoms with E-state index in [-0.39, 0.29) is 11.9 Å². The van der Waals surface area contributed by atoms with Crippen LogP contribution >= 0.6 is 0 Å². The summed E-state index contributed by atoms with van der Waals surface area (Å²) in [6.07, 6.45) is 9.03. The van der Waals surface area contributed by atoms with Crippen molar-refractivity contribution in [3.05, 3.63) is 46.8 Å². The number of nitrogens with two attached hydrogens (primary N) is 1. The van der Waals surface area contributed by atoms with Crippen LogP contribution in [0.4, 0.5) is 4.39 Å². The highest BCUT2D eigenvalue weighted by atomic mass is 19.1. The molecule has 1 aromatic carbocycles. The second kappa shape index (κ2) is 6.83. The van der Waals surface area contributed by atoms with Crippen molar-refractivity contribution in [2.24, 2.45) is 5.84 Å². The van der Waals surface area contributed by atoms with Crippen LogP contribution < -0.4 is 11.3 Å². The first-order valence-corrected chi connectivity index (χ1v) is 7.08. The molecule has 0 saturated heterocycles. The van der Waals surface area contributed by atoms with Gasteiger partial charge in [-0.3, -0.25) is 11.3 Å². The molecular weight excluding hydrogens is 239 g/mol. The van der Waals surface area contributed by atoms with E-state index >= 15 is 0 Å². The van der Waals surface area contributed by atoms with Crippen LogP contribution in [0.15, 0.2) is 29.8 Å². The molecule has 0 spiro atoms. The third kappa shape index (κ3) is 4.15. The average Bonchev–Trinajstić information content (AvgIpc) is 2.43. The second-order valence-electron chi connectivity index (χ2n) is 5.45. The molecule has 0 aromatic heterocycles. The van der Waals surface area contributed by atoms with Crippen molar-refractivity contribution < 1.29 is 4.39 Å². The van der Waals surface area contributed by atoms with E-state index in [1.54, 1.807) is 6.07 Å². The van der Waals surface area contributed by atoms with E-state index in [1.807, 2.05) is 13.0 Å². The van der Waals surface area contributed by atoms with E-state index in [0.29, 0.717) is 0 Å². The van der Waals surface area contributed by atoms with E-state index in [2.05, 4.69) is 11.5 Å². The summed E-state index contributed by atoms with van der Waals surface area (Å²) >= 11 is 0. The summed E-state index contributed by atoms with van der Waals surface area (Å²) in [5.41, 5.74) is 6.54. The van der Waals surface area contributed by atoms with Gasteiger partial charge in [0.05, 0.1) is 0 Å². The van der Waals surface area contributed by atoms with Crippen molar-refractivity contribution in [3.8, 4) is 0 Å². The van der Waals surface area contributed by atoms with Gasteiger partial charge in [0, 0.05) is 6.04 Å². The van der Waals surface area contributed by atoms with Crippen molar-refractivity contribution >= 4 is 0 Å². The summed E-state index contributed by atoms with van der Waals surface area (Å²) in [4.78, 5) is 0. The van der Waals surface area contributed by atoms with Crippen molar-refractivity contribution in [2.45, 2.75) is 51.5 Å². The fourth-order valence-corrected chi connectivity index (χ4v) is 2.72. The molecule has 104 valence electrons. The van der Waals surface area contributed by atoms with E-state index in [0.717, 1.165) is 24.0 Å². The van der Waals surface area contributed by atoms with Crippen LogP contribution in [0.5, 0.6) is 0 Å². The lowest BCUT2D eigenvalue weighted by atomic mass is 9.91. The monoisotopic (exact) mass is 262 g/mol. The predicted molar refractivity (Wildman–Crippen MR) is 77.1 cm³/mol. The van der Waals surface area contributed by atoms with Crippen molar-refractivity contribution in [2.75, 3.05) is 0 Å². The van der Waals surface area contributed by atoms with Crippen LogP contribution in [0.1, 0.15) is 43.2 Å². The van der Waals surface area contributed by atoms with Crippen LogP contribution in [-0.2, 0) is 6.42 Å². The van der Waals surface area contributed by atoms with Gasteiger partial charge in [0.1, 0.15) is 5.82 Å². The number of allylic oxidation sites excluding steroid dienone is 1. The minimum atomic E-state index is -0.173. The molecule has 3 N–H and O–H groups in total. The van der Waals surface area contributed by atoms with Gasteiger partial charge < -0.3 is 0 Å². The molecule has 2 nitrogen and oxygen atoms in total. The normalized spacial score (nSPS) is 17.1. The van der Waals surface area contributed by atoms with Gasteiger partial charge in [-0.15, -0.1) is 0 Å². The Hall–Kier alpha value is -1.19. The number of nitrogens with one attached hydrogen (secondary N) is 1. The smallest absolute Gasteiger partial charge is 0.123 e. The summed E-state index contributed by atoms with van der Waals surface area (Å²) < 4.78 is 13.3. The zero-order chi connectivity index (χ0) is 13.7. The molecule has 0 heterocycles. The lowest BCUT2D eigenvalue weighted by Gasteiger charge is -2.21. The maximum Gasteiger partial charge on any atom is 0.123 e. The lowest BCUT2D eigenvalue weighted by Crippen LogP contribution is -2.37. The van der Waals surface area contributed by atoms with Gasteiger partial charge in [0.2, 0.25) is 0 Å². The summed E-state index contributed by atoms with van der Waals surface area (Å²) in [6, 6.07) is 5.14. The Balaban J connectivity index is 2.02. The summed E-state index contributed by atoms with van der Waals surface area (Å²) in [5.74, 6) is 5.48. The van der Waals surface area contributed by atoms with Crippen LogP contribution in [0, 0.1) is 12.7 Å². The first-order valence-electron chi connectivity index (χ1n) is 7.08. The standard InChI is InChI=1S/C16H23FN2/c1-12-7-8-15(17)10-14(12)11-16(19-18)9-13-5-3-2-4-6-13/h5,7-8,10,16,19H,2-4,6,9,11,18H2,1H3. The predicted octanol–water partition coefficient (Wildman–Crippen LogP) is 3.40. The first kappa shape index (κ1) is 14.2. The van der Waals surface area contributed by atoms with E-state index in [9.17, 15) is 4.39 Å². The minimum Gasteiger partial charge on any atom is -0.271 e. The van der Waals surface area contributed by atoms with Crippen LogP contribution in [0.3, 0.4) is 0 Å². The van der Waals surface area contributed by atoms with Gasteiger partial charge in [-0.25, -0.2) is 4.39 Å². The third-order valence-electron chi connectivity index (χ3n) is 3.91. The summed E-state index contributed by atoms with van der Waals surface area (Å²) in [7, 11) is 0.